The molecule has 11 heavy (non-hydrogen) atoms. The van der Waals surface area contributed by atoms with Gasteiger partial charge >= 0.3 is 0 Å². The van der Waals surface area contributed by atoms with Gasteiger partial charge in [0.25, 0.3) is 0 Å². The molecule has 0 unspecified atom stereocenters. The molecule has 0 atom stereocenters. The van der Waals surface area contributed by atoms with E-state index in [4.69, 9.17) is 22.3 Å². The number of hydrogen-bond donors (Lipinski definition) is 1. The Bertz CT molecular complexity index is 246. The second-order valence-corrected chi connectivity index (χ2v) is 4.05. The Labute approximate surface area is 74.9 Å². The number of thiophene rings is 1. The summed E-state index contributed by atoms with van der Waals surface area (Å²) in [6.07, 6.45) is 0. The average Bonchev–Trinajstić information content (AvgIpc) is 2.36. The highest BCUT2D eigenvalue weighted by Crippen LogP contribution is 2.33. The summed E-state index contributed by atoms with van der Waals surface area (Å²) in [6, 6.07) is 1.84. The maximum Gasteiger partial charge on any atom is 0.119 e. The summed E-state index contributed by atoms with van der Waals surface area (Å²) < 4.78 is 0. The topological polar surface area (TPSA) is 35.2 Å². The van der Waals surface area contributed by atoms with Gasteiger partial charge in [-0.2, -0.15) is 0 Å². The predicted molar refractivity (Wildman–Crippen MR) is 47.6 cm³/mol. The smallest absolute Gasteiger partial charge is 0.119 e. The minimum atomic E-state index is -0.481. The van der Waals surface area contributed by atoms with Crippen molar-refractivity contribution in [2.45, 2.75) is 19.4 Å². The van der Waals surface area contributed by atoms with Crippen molar-refractivity contribution < 1.29 is 4.84 Å². The second-order valence-electron chi connectivity index (χ2n) is 2.73. The molecule has 0 spiro atoms. The molecule has 0 saturated carbocycles. The maximum absolute atomic E-state index is 5.88. The Morgan fingerprint density at radius 3 is 2.64 bits per heavy atom. The van der Waals surface area contributed by atoms with E-state index in [-0.39, 0.29) is 0 Å². The molecule has 2 nitrogen and oxygen atoms in total. The Hall–Kier alpha value is -0.0900. The Morgan fingerprint density at radius 2 is 2.27 bits per heavy atom. The van der Waals surface area contributed by atoms with Crippen molar-refractivity contribution in [2.24, 2.45) is 5.90 Å². The largest absolute Gasteiger partial charge is 0.293 e. The van der Waals surface area contributed by atoms with Crippen LogP contribution in [0.1, 0.15) is 18.7 Å². The Morgan fingerprint density at radius 1 is 1.64 bits per heavy atom. The molecule has 2 N–H and O–H groups in total. The maximum atomic E-state index is 5.88. The lowest BCUT2D eigenvalue weighted by Crippen LogP contribution is -2.24. The summed E-state index contributed by atoms with van der Waals surface area (Å²) in [6.45, 7) is 3.76. The molecule has 0 aliphatic carbocycles. The molecular weight excluding hydrogens is 182 g/mol. The molecule has 0 aliphatic rings. The fourth-order valence-corrected chi connectivity index (χ4v) is 2.13. The molecule has 62 valence electrons. The monoisotopic (exact) mass is 191 g/mol. The lowest BCUT2D eigenvalue weighted by molar-refractivity contribution is -0.0207. The van der Waals surface area contributed by atoms with Gasteiger partial charge in [0.2, 0.25) is 0 Å². The van der Waals surface area contributed by atoms with E-state index in [9.17, 15) is 0 Å². The first kappa shape index (κ1) is 9.00. The SMILES string of the molecule is CC(C)(ON)c1sccc1Cl. The van der Waals surface area contributed by atoms with Crippen LogP contribution < -0.4 is 5.90 Å². The van der Waals surface area contributed by atoms with E-state index in [2.05, 4.69) is 0 Å². The van der Waals surface area contributed by atoms with Crippen molar-refractivity contribution in [3.8, 4) is 0 Å². The van der Waals surface area contributed by atoms with Gasteiger partial charge in [-0.05, 0) is 25.3 Å². The van der Waals surface area contributed by atoms with Crippen molar-refractivity contribution in [3.63, 3.8) is 0 Å². The zero-order valence-electron chi connectivity index (χ0n) is 6.43. The predicted octanol–water partition coefficient (Wildman–Crippen LogP) is 2.53. The minimum Gasteiger partial charge on any atom is -0.293 e. The van der Waals surface area contributed by atoms with Gasteiger partial charge in [-0.25, -0.2) is 5.90 Å². The van der Waals surface area contributed by atoms with E-state index in [1.807, 2.05) is 25.3 Å². The quantitative estimate of drug-likeness (QED) is 0.730. The first-order valence-corrected chi connectivity index (χ1v) is 4.45. The van der Waals surface area contributed by atoms with E-state index in [0.29, 0.717) is 5.02 Å². The van der Waals surface area contributed by atoms with Gasteiger partial charge in [0.05, 0.1) is 9.90 Å². The third-order valence-corrected chi connectivity index (χ3v) is 3.11. The van der Waals surface area contributed by atoms with E-state index in [1.54, 1.807) is 11.3 Å². The molecule has 0 bridgehead atoms. The summed E-state index contributed by atoms with van der Waals surface area (Å²) in [5, 5.41) is 2.63. The van der Waals surface area contributed by atoms with Gasteiger partial charge in [-0.1, -0.05) is 11.6 Å². The van der Waals surface area contributed by atoms with Gasteiger partial charge in [0, 0.05) is 0 Å². The van der Waals surface area contributed by atoms with Crippen molar-refractivity contribution in [1.29, 1.82) is 0 Å². The molecule has 0 amide bonds. The average molecular weight is 192 g/mol. The minimum absolute atomic E-state index is 0.481. The van der Waals surface area contributed by atoms with E-state index < -0.39 is 5.60 Å². The number of hydrogen-bond acceptors (Lipinski definition) is 3. The van der Waals surface area contributed by atoms with Gasteiger partial charge in [-0.3, -0.25) is 4.84 Å². The van der Waals surface area contributed by atoms with Crippen LogP contribution in [0.2, 0.25) is 5.02 Å². The van der Waals surface area contributed by atoms with Crippen LogP contribution in [0.5, 0.6) is 0 Å². The highest BCUT2D eigenvalue weighted by molar-refractivity contribution is 7.10. The molecule has 0 saturated heterocycles. The van der Waals surface area contributed by atoms with Crippen LogP contribution in [0.25, 0.3) is 0 Å². The standard InChI is InChI=1S/C7H10ClNOS/c1-7(2,10-9)6-5(8)3-4-11-6/h3-4H,9H2,1-2H3. The third kappa shape index (κ3) is 1.73. The van der Waals surface area contributed by atoms with Crippen LogP contribution in [0, 0.1) is 0 Å². The van der Waals surface area contributed by atoms with Gasteiger partial charge < -0.3 is 0 Å². The fourth-order valence-electron chi connectivity index (χ4n) is 0.777. The molecule has 4 heteroatoms. The third-order valence-electron chi connectivity index (χ3n) is 1.46. The first-order chi connectivity index (χ1) is 5.08. The number of halogens is 1. The van der Waals surface area contributed by atoms with Crippen molar-refractivity contribution in [2.75, 3.05) is 0 Å². The highest BCUT2D eigenvalue weighted by Gasteiger charge is 2.24. The summed E-state index contributed by atoms with van der Waals surface area (Å²) in [5.74, 6) is 5.11. The molecule has 1 rings (SSSR count). The van der Waals surface area contributed by atoms with Gasteiger partial charge in [0.1, 0.15) is 5.60 Å². The zero-order chi connectivity index (χ0) is 8.48. The normalized spacial score (nSPS) is 12.0. The van der Waals surface area contributed by atoms with E-state index >= 15 is 0 Å². The van der Waals surface area contributed by atoms with E-state index in [0.717, 1.165) is 4.88 Å². The Balaban J connectivity index is 3.00. The van der Waals surface area contributed by atoms with Crippen LogP contribution in [-0.4, -0.2) is 0 Å². The molecule has 1 heterocycles. The second kappa shape index (κ2) is 3.11. The van der Waals surface area contributed by atoms with Crippen molar-refractivity contribution in [1.82, 2.24) is 0 Å². The number of nitrogens with two attached hydrogens (primary N) is 1. The lowest BCUT2D eigenvalue weighted by atomic mass is 10.1. The summed E-state index contributed by atoms with van der Waals surface area (Å²) >= 11 is 7.42. The molecular formula is C7H10ClNOS. The van der Waals surface area contributed by atoms with Crippen LogP contribution in [-0.2, 0) is 10.4 Å². The number of rotatable bonds is 2. The lowest BCUT2D eigenvalue weighted by Gasteiger charge is -2.20. The van der Waals surface area contributed by atoms with Crippen LogP contribution in [0.3, 0.4) is 0 Å². The van der Waals surface area contributed by atoms with Gasteiger partial charge in [0.15, 0.2) is 0 Å². The summed E-state index contributed by atoms with van der Waals surface area (Å²) in [4.78, 5) is 5.75. The first-order valence-electron chi connectivity index (χ1n) is 3.19. The van der Waals surface area contributed by atoms with Gasteiger partial charge in [-0.15, -0.1) is 11.3 Å². The molecule has 1 aromatic rings. The van der Waals surface area contributed by atoms with Crippen LogP contribution in [0.4, 0.5) is 0 Å². The molecule has 1 aromatic heterocycles. The molecule has 0 fully saturated rings. The van der Waals surface area contributed by atoms with Crippen LogP contribution >= 0.6 is 22.9 Å². The summed E-state index contributed by atoms with van der Waals surface area (Å²) in [7, 11) is 0. The van der Waals surface area contributed by atoms with Crippen molar-refractivity contribution in [3.05, 3.63) is 21.3 Å². The summed E-state index contributed by atoms with van der Waals surface area (Å²) in [5.41, 5.74) is -0.481. The molecule has 0 aromatic carbocycles. The van der Waals surface area contributed by atoms with Crippen molar-refractivity contribution >= 4 is 22.9 Å². The fraction of sp³-hybridized carbons (Fsp3) is 0.429. The Kier molecular flexibility index (Phi) is 2.54. The molecule has 0 aliphatic heterocycles. The molecule has 0 radical (unpaired) electrons. The van der Waals surface area contributed by atoms with Crippen LogP contribution in [0.15, 0.2) is 11.4 Å². The highest BCUT2D eigenvalue weighted by atomic mass is 35.5. The zero-order valence-corrected chi connectivity index (χ0v) is 8.00. The van der Waals surface area contributed by atoms with E-state index in [1.165, 1.54) is 0 Å².